The normalized spacial score (nSPS) is 19.8. The number of amides is 3. The van der Waals surface area contributed by atoms with Crippen LogP contribution in [0.25, 0.3) is 0 Å². The van der Waals surface area contributed by atoms with Crippen molar-refractivity contribution in [2.75, 3.05) is 13.2 Å². The average molecular weight is 417 g/mol. The summed E-state index contributed by atoms with van der Waals surface area (Å²) in [5, 5.41) is 13.5. The molecule has 29 heavy (non-hydrogen) atoms. The molecule has 0 saturated carbocycles. The van der Waals surface area contributed by atoms with E-state index in [1.165, 1.54) is 6.92 Å². The molecule has 0 bridgehead atoms. The van der Waals surface area contributed by atoms with Gasteiger partial charge in [-0.15, -0.1) is 0 Å². The summed E-state index contributed by atoms with van der Waals surface area (Å²) in [5.74, 6) is -0.0502. The van der Waals surface area contributed by atoms with Crippen LogP contribution in [0.2, 0.25) is 5.02 Å². The van der Waals surface area contributed by atoms with E-state index >= 15 is 0 Å². The van der Waals surface area contributed by atoms with Crippen LogP contribution in [0.15, 0.2) is 48.5 Å². The first-order chi connectivity index (χ1) is 13.7. The lowest BCUT2D eigenvalue weighted by Crippen LogP contribution is -2.42. The molecule has 1 saturated heterocycles. The Morgan fingerprint density at radius 3 is 2.38 bits per heavy atom. The van der Waals surface area contributed by atoms with Crippen molar-refractivity contribution >= 4 is 29.3 Å². The standard InChI is InChI=1S/C21H21ClN2O5/c1-13(25)14-3-9-18(10-4-14)29-12-17(26)11-24-19(27)21(2,23-20(24)28)15-5-7-16(22)8-6-15/h3-10,17,26H,11-12H2,1-2H3,(H,23,28)/t17-,21+/m0/s1. The predicted octanol–water partition coefficient (Wildman–Crippen LogP) is 2.75. The van der Waals surface area contributed by atoms with Crippen LogP contribution in [0.4, 0.5) is 4.79 Å². The fraction of sp³-hybridized carbons (Fsp3) is 0.286. The molecule has 2 aromatic carbocycles. The Hall–Kier alpha value is -2.90. The predicted molar refractivity (Wildman–Crippen MR) is 107 cm³/mol. The quantitative estimate of drug-likeness (QED) is 0.534. The number of imide groups is 1. The lowest BCUT2D eigenvalue weighted by Gasteiger charge is -2.23. The van der Waals surface area contributed by atoms with Gasteiger partial charge in [-0.05, 0) is 55.8 Å². The van der Waals surface area contributed by atoms with Gasteiger partial charge in [0.05, 0.1) is 6.54 Å². The molecule has 8 heteroatoms. The minimum Gasteiger partial charge on any atom is -0.491 e. The molecule has 3 amide bonds. The third-order valence-electron chi connectivity index (χ3n) is 4.79. The van der Waals surface area contributed by atoms with Gasteiger partial charge in [0.1, 0.15) is 24.0 Å². The van der Waals surface area contributed by atoms with E-state index < -0.39 is 23.6 Å². The maximum Gasteiger partial charge on any atom is 0.325 e. The highest BCUT2D eigenvalue weighted by Gasteiger charge is 2.49. The Morgan fingerprint density at radius 1 is 1.17 bits per heavy atom. The largest absolute Gasteiger partial charge is 0.491 e. The van der Waals surface area contributed by atoms with Crippen molar-refractivity contribution in [2.45, 2.75) is 25.5 Å². The summed E-state index contributed by atoms with van der Waals surface area (Å²) in [6.07, 6.45) is -1.08. The third-order valence-corrected chi connectivity index (χ3v) is 5.05. The van der Waals surface area contributed by atoms with E-state index in [0.717, 1.165) is 4.90 Å². The summed E-state index contributed by atoms with van der Waals surface area (Å²) in [6.45, 7) is 2.75. The van der Waals surface area contributed by atoms with Crippen LogP contribution < -0.4 is 10.1 Å². The van der Waals surface area contributed by atoms with Crippen LogP contribution in [0, 0.1) is 0 Å². The summed E-state index contributed by atoms with van der Waals surface area (Å²) in [5.41, 5.74) is -0.0807. The Balaban J connectivity index is 1.62. The summed E-state index contributed by atoms with van der Waals surface area (Å²) < 4.78 is 5.49. The van der Waals surface area contributed by atoms with E-state index in [-0.39, 0.29) is 18.9 Å². The van der Waals surface area contributed by atoms with Crippen LogP contribution in [0.3, 0.4) is 0 Å². The summed E-state index contributed by atoms with van der Waals surface area (Å²) in [6, 6.07) is 12.5. The van der Waals surface area contributed by atoms with E-state index in [4.69, 9.17) is 16.3 Å². The summed E-state index contributed by atoms with van der Waals surface area (Å²) >= 11 is 5.89. The molecule has 0 aliphatic carbocycles. The van der Waals surface area contributed by atoms with Crippen LogP contribution in [0.5, 0.6) is 5.75 Å². The highest BCUT2D eigenvalue weighted by Crippen LogP contribution is 2.29. The zero-order chi connectivity index (χ0) is 21.2. The number of benzene rings is 2. The van der Waals surface area contributed by atoms with Gasteiger partial charge in [0.25, 0.3) is 5.91 Å². The molecule has 2 atom stereocenters. The molecule has 2 aromatic rings. The Bertz CT molecular complexity index is 929. The maximum absolute atomic E-state index is 12.9. The molecule has 1 aliphatic rings. The van der Waals surface area contributed by atoms with Gasteiger partial charge >= 0.3 is 6.03 Å². The fourth-order valence-corrected chi connectivity index (χ4v) is 3.21. The second-order valence-electron chi connectivity index (χ2n) is 7.02. The third kappa shape index (κ3) is 4.41. The number of nitrogens with zero attached hydrogens (tertiary/aromatic N) is 1. The van der Waals surface area contributed by atoms with Gasteiger partial charge in [0.15, 0.2) is 5.78 Å². The Kier molecular flexibility index (Phi) is 5.91. The molecule has 1 aliphatic heterocycles. The number of ether oxygens (including phenoxy) is 1. The van der Waals surface area contributed by atoms with Crippen molar-refractivity contribution in [3.63, 3.8) is 0 Å². The molecular formula is C21H21ClN2O5. The summed E-state index contributed by atoms with van der Waals surface area (Å²) in [7, 11) is 0. The molecule has 152 valence electrons. The second-order valence-corrected chi connectivity index (χ2v) is 7.46. The zero-order valence-electron chi connectivity index (χ0n) is 16.0. The van der Waals surface area contributed by atoms with Crippen molar-refractivity contribution in [1.29, 1.82) is 0 Å². The van der Waals surface area contributed by atoms with E-state index in [1.807, 2.05) is 0 Å². The van der Waals surface area contributed by atoms with Crippen LogP contribution in [0.1, 0.15) is 29.8 Å². The molecular weight excluding hydrogens is 396 g/mol. The lowest BCUT2D eigenvalue weighted by molar-refractivity contribution is -0.132. The van der Waals surface area contributed by atoms with E-state index in [0.29, 0.717) is 21.9 Å². The number of hydrogen-bond acceptors (Lipinski definition) is 5. The molecule has 2 N–H and O–H groups in total. The SMILES string of the molecule is CC(=O)c1ccc(OC[C@@H](O)CN2C(=O)N[C@](C)(c3ccc(Cl)cc3)C2=O)cc1. The van der Waals surface area contributed by atoms with Crippen molar-refractivity contribution in [3.8, 4) is 5.75 Å². The number of urea groups is 1. The number of halogens is 1. The number of β-amino-alcohol motifs (C(OH)–C–C–N with tert-alkyl or cyclic N) is 1. The van der Waals surface area contributed by atoms with Gasteiger partial charge in [0, 0.05) is 10.6 Å². The highest BCUT2D eigenvalue weighted by atomic mass is 35.5. The molecule has 3 rings (SSSR count). The van der Waals surface area contributed by atoms with Gasteiger partial charge in [-0.25, -0.2) is 4.79 Å². The van der Waals surface area contributed by atoms with Crippen molar-refractivity contribution in [3.05, 3.63) is 64.7 Å². The van der Waals surface area contributed by atoms with Gasteiger partial charge in [0.2, 0.25) is 0 Å². The topological polar surface area (TPSA) is 95.9 Å². The Morgan fingerprint density at radius 2 is 1.79 bits per heavy atom. The lowest BCUT2D eigenvalue weighted by atomic mass is 9.92. The number of Topliss-reactive ketones (excluding diaryl/α,β-unsaturated/α-hetero) is 1. The minimum atomic E-state index is -1.23. The number of ketones is 1. The van der Waals surface area contributed by atoms with Crippen LogP contribution in [-0.4, -0.2) is 47.0 Å². The number of carbonyl (C=O) groups is 3. The minimum absolute atomic E-state index is 0.0566. The Labute approximate surface area is 173 Å². The van der Waals surface area contributed by atoms with E-state index in [1.54, 1.807) is 55.5 Å². The summed E-state index contributed by atoms with van der Waals surface area (Å²) in [4.78, 5) is 37.5. The van der Waals surface area contributed by atoms with Crippen LogP contribution in [-0.2, 0) is 10.3 Å². The van der Waals surface area contributed by atoms with Gasteiger partial charge in [-0.3, -0.25) is 14.5 Å². The van der Waals surface area contributed by atoms with E-state index in [9.17, 15) is 19.5 Å². The smallest absolute Gasteiger partial charge is 0.325 e. The van der Waals surface area contributed by atoms with Crippen molar-refractivity contribution in [2.24, 2.45) is 0 Å². The number of nitrogens with one attached hydrogen (secondary N) is 1. The van der Waals surface area contributed by atoms with E-state index in [2.05, 4.69) is 5.32 Å². The number of carbonyl (C=O) groups excluding carboxylic acids is 3. The number of aliphatic hydroxyl groups is 1. The first kappa shape index (κ1) is 20.8. The second kappa shape index (κ2) is 8.23. The van der Waals surface area contributed by atoms with Crippen LogP contribution >= 0.6 is 11.6 Å². The maximum atomic E-state index is 12.9. The fourth-order valence-electron chi connectivity index (χ4n) is 3.08. The molecule has 0 spiro atoms. The number of hydrogen-bond donors (Lipinski definition) is 2. The first-order valence-corrected chi connectivity index (χ1v) is 9.40. The molecule has 7 nitrogen and oxygen atoms in total. The van der Waals surface area contributed by atoms with Crippen molar-refractivity contribution in [1.82, 2.24) is 10.2 Å². The first-order valence-electron chi connectivity index (χ1n) is 9.03. The number of rotatable bonds is 7. The highest BCUT2D eigenvalue weighted by molar-refractivity contribution is 6.30. The van der Waals surface area contributed by atoms with Crippen molar-refractivity contribution < 1.29 is 24.2 Å². The monoisotopic (exact) mass is 416 g/mol. The zero-order valence-corrected chi connectivity index (χ0v) is 16.8. The van der Waals surface area contributed by atoms with Gasteiger partial charge < -0.3 is 15.2 Å². The molecule has 0 aromatic heterocycles. The molecule has 1 fully saturated rings. The van der Waals surface area contributed by atoms with Gasteiger partial charge in [-0.1, -0.05) is 23.7 Å². The van der Waals surface area contributed by atoms with Gasteiger partial charge in [-0.2, -0.15) is 0 Å². The molecule has 0 unspecified atom stereocenters. The number of aliphatic hydroxyl groups excluding tert-OH is 1. The molecule has 0 radical (unpaired) electrons. The molecule has 1 heterocycles. The average Bonchev–Trinajstić information content (AvgIpc) is 2.91.